The molecule has 21 heavy (non-hydrogen) atoms. The van der Waals surface area contributed by atoms with Gasteiger partial charge in [-0.1, -0.05) is 30.3 Å². The highest BCUT2D eigenvalue weighted by Gasteiger charge is 2.26. The van der Waals surface area contributed by atoms with Gasteiger partial charge in [-0.05, 0) is 6.42 Å². The summed E-state index contributed by atoms with van der Waals surface area (Å²) in [7, 11) is 3.79. The molecule has 5 heteroatoms. The number of benzene rings is 1. The SMILES string of the molecule is CN(C)C=Nc1nc2n(c1C(=O)c1ccccc1)CCC2. The summed E-state index contributed by atoms with van der Waals surface area (Å²) < 4.78 is 2.01. The molecule has 1 aromatic heterocycles. The average Bonchev–Trinajstić information content (AvgIpc) is 3.05. The van der Waals surface area contributed by atoms with Crippen LogP contribution in [0.5, 0.6) is 0 Å². The second kappa shape index (κ2) is 5.52. The molecular weight excluding hydrogens is 264 g/mol. The number of hydrogen-bond acceptors (Lipinski definition) is 3. The molecule has 3 rings (SSSR count). The van der Waals surface area contributed by atoms with Crippen molar-refractivity contribution in [3.8, 4) is 0 Å². The summed E-state index contributed by atoms with van der Waals surface area (Å²) in [4.78, 5) is 23.5. The van der Waals surface area contributed by atoms with Gasteiger partial charge in [-0.15, -0.1) is 0 Å². The first-order chi connectivity index (χ1) is 10.2. The summed E-state index contributed by atoms with van der Waals surface area (Å²) in [6.45, 7) is 0.841. The Morgan fingerprint density at radius 2 is 2.10 bits per heavy atom. The number of nitrogens with zero attached hydrogens (tertiary/aromatic N) is 4. The lowest BCUT2D eigenvalue weighted by molar-refractivity contribution is 0.103. The van der Waals surface area contributed by atoms with Gasteiger partial charge in [-0.3, -0.25) is 4.79 Å². The van der Waals surface area contributed by atoms with E-state index in [2.05, 4.69) is 9.98 Å². The van der Waals surface area contributed by atoms with Crippen LogP contribution in [0.25, 0.3) is 0 Å². The predicted molar refractivity (Wildman–Crippen MR) is 82.3 cm³/mol. The number of carbonyl (C=O) groups excluding carboxylic acids is 1. The Balaban J connectivity index is 2.06. The van der Waals surface area contributed by atoms with E-state index in [1.54, 1.807) is 6.34 Å². The standard InChI is InChI=1S/C16H18N4O/c1-19(2)11-17-16-14(20-10-6-9-13(20)18-16)15(21)12-7-4-3-5-8-12/h3-5,7-8,11H,6,9-10H2,1-2H3. The molecule has 0 unspecified atom stereocenters. The van der Waals surface area contributed by atoms with Gasteiger partial charge in [0, 0.05) is 32.6 Å². The molecule has 2 heterocycles. The van der Waals surface area contributed by atoms with Crippen LogP contribution in [0.3, 0.4) is 0 Å². The van der Waals surface area contributed by atoms with E-state index < -0.39 is 0 Å². The topological polar surface area (TPSA) is 50.5 Å². The van der Waals surface area contributed by atoms with E-state index in [4.69, 9.17) is 0 Å². The van der Waals surface area contributed by atoms with Gasteiger partial charge in [0.15, 0.2) is 5.82 Å². The highest BCUT2D eigenvalue weighted by atomic mass is 16.1. The van der Waals surface area contributed by atoms with E-state index in [9.17, 15) is 4.79 Å². The fraction of sp³-hybridized carbons (Fsp3) is 0.312. The minimum absolute atomic E-state index is 0.0119. The number of rotatable bonds is 4. The van der Waals surface area contributed by atoms with Gasteiger partial charge in [-0.25, -0.2) is 9.98 Å². The lowest BCUT2D eigenvalue weighted by Crippen LogP contribution is -2.10. The first-order valence-corrected chi connectivity index (χ1v) is 7.06. The van der Waals surface area contributed by atoms with Crippen molar-refractivity contribution < 1.29 is 4.79 Å². The molecule has 0 fully saturated rings. The summed E-state index contributed by atoms with van der Waals surface area (Å²) in [5, 5.41) is 0. The molecule has 0 bridgehead atoms. The largest absolute Gasteiger partial charge is 0.369 e. The van der Waals surface area contributed by atoms with Crippen LogP contribution in [0.1, 0.15) is 28.3 Å². The molecular formula is C16H18N4O. The quantitative estimate of drug-likeness (QED) is 0.491. The number of ketones is 1. The monoisotopic (exact) mass is 282 g/mol. The Labute approximate surface area is 123 Å². The highest BCUT2D eigenvalue weighted by Crippen LogP contribution is 2.27. The van der Waals surface area contributed by atoms with Crippen LogP contribution in [-0.2, 0) is 13.0 Å². The van der Waals surface area contributed by atoms with Crippen LogP contribution in [0.2, 0.25) is 0 Å². The second-order valence-corrected chi connectivity index (χ2v) is 5.36. The fourth-order valence-electron chi connectivity index (χ4n) is 2.52. The molecule has 1 aliphatic rings. The van der Waals surface area contributed by atoms with Crippen LogP contribution in [0, 0.1) is 0 Å². The van der Waals surface area contributed by atoms with Gasteiger partial charge in [0.1, 0.15) is 11.5 Å². The molecule has 0 spiro atoms. The average molecular weight is 282 g/mol. The van der Waals surface area contributed by atoms with Gasteiger partial charge >= 0.3 is 0 Å². The number of aryl methyl sites for hydroxylation is 1. The van der Waals surface area contributed by atoms with E-state index in [0.29, 0.717) is 17.1 Å². The first-order valence-electron chi connectivity index (χ1n) is 7.06. The fourth-order valence-corrected chi connectivity index (χ4v) is 2.52. The maximum atomic E-state index is 12.8. The van der Waals surface area contributed by atoms with Gasteiger partial charge in [0.05, 0.1) is 6.34 Å². The van der Waals surface area contributed by atoms with Crippen LogP contribution in [0.4, 0.5) is 5.82 Å². The second-order valence-electron chi connectivity index (χ2n) is 5.36. The van der Waals surface area contributed by atoms with E-state index in [0.717, 1.165) is 25.2 Å². The van der Waals surface area contributed by atoms with Gasteiger partial charge in [0.2, 0.25) is 5.78 Å². The summed E-state index contributed by atoms with van der Waals surface area (Å²) in [6, 6.07) is 9.31. The van der Waals surface area contributed by atoms with Crippen molar-refractivity contribution in [2.45, 2.75) is 19.4 Å². The molecule has 2 aromatic rings. The number of aliphatic imine (C=N–C) groups is 1. The smallest absolute Gasteiger partial charge is 0.213 e. The first kappa shape index (κ1) is 13.5. The third-order valence-electron chi connectivity index (χ3n) is 3.47. The lowest BCUT2D eigenvalue weighted by atomic mass is 10.1. The van der Waals surface area contributed by atoms with Crippen LogP contribution in [0.15, 0.2) is 35.3 Å². The summed E-state index contributed by atoms with van der Waals surface area (Å²) in [6.07, 6.45) is 3.63. The summed E-state index contributed by atoms with van der Waals surface area (Å²) in [5.74, 6) is 1.47. The molecule has 5 nitrogen and oxygen atoms in total. The molecule has 108 valence electrons. The van der Waals surface area contributed by atoms with Crippen molar-refractivity contribution in [2.24, 2.45) is 4.99 Å². The summed E-state index contributed by atoms with van der Waals surface area (Å²) >= 11 is 0. The van der Waals surface area contributed by atoms with Gasteiger partial charge in [0.25, 0.3) is 0 Å². The maximum absolute atomic E-state index is 12.8. The minimum atomic E-state index is -0.0119. The van der Waals surface area contributed by atoms with E-state index in [-0.39, 0.29) is 5.78 Å². The zero-order valence-corrected chi connectivity index (χ0v) is 12.3. The number of hydrogen-bond donors (Lipinski definition) is 0. The van der Waals surface area contributed by atoms with E-state index in [1.807, 2.05) is 53.9 Å². The molecule has 1 aromatic carbocycles. The maximum Gasteiger partial charge on any atom is 0.213 e. The number of carbonyl (C=O) groups is 1. The lowest BCUT2D eigenvalue weighted by Gasteiger charge is -2.06. The Hall–Kier alpha value is -2.43. The zero-order chi connectivity index (χ0) is 14.8. The van der Waals surface area contributed by atoms with Gasteiger partial charge in [-0.2, -0.15) is 0 Å². The number of aromatic nitrogens is 2. The van der Waals surface area contributed by atoms with E-state index in [1.165, 1.54) is 0 Å². The molecule has 0 amide bonds. The summed E-state index contributed by atoms with van der Waals surface area (Å²) in [5.41, 5.74) is 1.28. The molecule has 0 aliphatic carbocycles. The van der Waals surface area contributed by atoms with Crippen molar-refractivity contribution in [1.29, 1.82) is 0 Å². The zero-order valence-electron chi connectivity index (χ0n) is 12.3. The van der Waals surface area contributed by atoms with Crippen molar-refractivity contribution in [1.82, 2.24) is 14.5 Å². The van der Waals surface area contributed by atoms with E-state index >= 15 is 0 Å². The van der Waals surface area contributed by atoms with Crippen molar-refractivity contribution in [3.05, 3.63) is 47.4 Å². The van der Waals surface area contributed by atoms with Gasteiger partial charge < -0.3 is 9.47 Å². The molecule has 1 aliphatic heterocycles. The van der Waals surface area contributed by atoms with Crippen molar-refractivity contribution in [2.75, 3.05) is 14.1 Å². The molecule has 0 atom stereocenters. The molecule has 0 N–H and O–H groups in total. The Kier molecular flexibility index (Phi) is 3.56. The van der Waals surface area contributed by atoms with Crippen molar-refractivity contribution >= 4 is 17.9 Å². The Morgan fingerprint density at radius 3 is 2.81 bits per heavy atom. The van der Waals surface area contributed by atoms with Crippen LogP contribution < -0.4 is 0 Å². The molecule has 0 radical (unpaired) electrons. The third-order valence-corrected chi connectivity index (χ3v) is 3.47. The molecule has 0 saturated heterocycles. The minimum Gasteiger partial charge on any atom is -0.369 e. The third kappa shape index (κ3) is 2.59. The normalized spacial score (nSPS) is 13.6. The number of imidazole rings is 1. The molecule has 0 saturated carbocycles. The Bertz CT molecular complexity index is 686. The predicted octanol–water partition coefficient (Wildman–Crippen LogP) is 2.28. The van der Waals surface area contributed by atoms with Crippen molar-refractivity contribution in [3.63, 3.8) is 0 Å². The Morgan fingerprint density at radius 1 is 1.33 bits per heavy atom. The van der Waals surface area contributed by atoms with Crippen LogP contribution >= 0.6 is 0 Å². The number of fused-ring (bicyclic) bond motifs is 1. The highest BCUT2D eigenvalue weighted by molar-refractivity contribution is 6.10. The van der Waals surface area contributed by atoms with Crippen LogP contribution in [-0.4, -0.2) is 40.7 Å².